The van der Waals surface area contributed by atoms with Crippen molar-refractivity contribution in [1.82, 2.24) is 4.98 Å². The Morgan fingerprint density at radius 1 is 1.15 bits per heavy atom. The second kappa shape index (κ2) is 7.26. The molecule has 6 N–H and O–H groups in total. The van der Waals surface area contributed by atoms with Crippen LogP contribution in [0.25, 0.3) is 17.0 Å². The molecule has 174 valence electrons. The van der Waals surface area contributed by atoms with Gasteiger partial charge in [0.1, 0.15) is 22.8 Å². The molecule has 1 fully saturated rings. The molecule has 0 aliphatic heterocycles. The van der Waals surface area contributed by atoms with Crippen molar-refractivity contribution in [3.63, 3.8) is 0 Å². The number of carbonyl (C=O) groups excluding carboxylic acids is 3. The molecule has 0 saturated heterocycles. The fourth-order valence-corrected chi connectivity index (χ4v) is 5.61. The van der Waals surface area contributed by atoms with Crippen molar-refractivity contribution in [1.29, 1.82) is 0 Å². The number of Topliss-reactive ketones (excluding diaryl/α,β-unsaturated/α-hetero) is 2. The zero-order valence-electron chi connectivity index (χ0n) is 18.2. The van der Waals surface area contributed by atoms with Crippen molar-refractivity contribution < 1.29 is 34.8 Å². The zero-order valence-corrected chi connectivity index (χ0v) is 18.2. The number of ketones is 2. The average Bonchev–Trinajstić information content (AvgIpc) is 2.77. The molecule has 5 rings (SSSR count). The van der Waals surface area contributed by atoms with Gasteiger partial charge in [-0.1, -0.05) is 6.07 Å². The molecule has 1 aromatic heterocycles. The summed E-state index contributed by atoms with van der Waals surface area (Å²) in [6.07, 6.45) is 1.59. The number of nitrogens with zero attached hydrogens (tertiary/aromatic N) is 1. The maximum Gasteiger partial charge on any atom is 0.255 e. The third-order valence-electron chi connectivity index (χ3n) is 7.21. The number of phenols is 1. The fourth-order valence-electron chi connectivity index (χ4n) is 5.61. The van der Waals surface area contributed by atoms with Crippen LogP contribution >= 0.6 is 0 Å². The van der Waals surface area contributed by atoms with Gasteiger partial charge in [-0.15, -0.1) is 0 Å². The highest BCUT2D eigenvalue weighted by Crippen LogP contribution is 2.53. The molecule has 1 saturated carbocycles. The lowest BCUT2D eigenvalue weighted by atomic mass is 9.59. The van der Waals surface area contributed by atoms with E-state index in [0.29, 0.717) is 16.8 Å². The monoisotopic (exact) mass is 462 g/mol. The van der Waals surface area contributed by atoms with Gasteiger partial charge in [-0.05, 0) is 55.0 Å². The van der Waals surface area contributed by atoms with E-state index in [9.17, 15) is 34.8 Å². The quantitative estimate of drug-likeness (QED) is 0.420. The highest BCUT2D eigenvalue weighted by molar-refractivity contribution is 6.22. The molecule has 0 unspecified atom stereocenters. The molecule has 3 aliphatic carbocycles. The van der Waals surface area contributed by atoms with E-state index in [1.165, 1.54) is 6.07 Å². The second-order valence-electron chi connectivity index (χ2n) is 9.06. The molecule has 1 aromatic carbocycles. The molecule has 3 aliphatic rings. The lowest BCUT2D eigenvalue weighted by Crippen LogP contribution is -2.58. The lowest BCUT2D eigenvalue weighted by molar-refractivity contribution is -0.147. The molecule has 0 bridgehead atoms. The smallest absolute Gasteiger partial charge is 0.255 e. The van der Waals surface area contributed by atoms with Gasteiger partial charge in [-0.3, -0.25) is 19.4 Å². The third kappa shape index (κ3) is 2.76. The molecular formula is C25H22N2O7. The molecular weight excluding hydrogens is 440 g/mol. The number of benzene rings is 1. The van der Waals surface area contributed by atoms with E-state index < -0.39 is 52.0 Å². The maximum atomic E-state index is 13.5. The number of hydrogen-bond acceptors (Lipinski definition) is 8. The Morgan fingerprint density at radius 3 is 2.56 bits per heavy atom. The average molecular weight is 462 g/mol. The van der Waals surface area contributed by atoms with E-state index in [2.05, 4.69) is 4.98 Å². The Kier molecular flexibility index (Phi) is 4.66. The molecule has 9 heteroatoms. The van der Waals surface area contributed by atoms with Crippen LogP contribution in [0.1, 0.15) is 29.5 Å². The van der Waals surface area contributed by atoms with Crippen LogP contribution in [0.5, 0.6) is 5.75 Å². The van der Waals surface area contributed by atoms with Crippen LogP contribution in [-0.2, 0) is 20.8 Å². The predicted octanol–water partition coefficient (Wildman–Crippen LogP) is 1.79. The summed E-state index contributed by atoms with van der Waals surface area (Å²) in [6.45, 7) is 1.88. The largest absolute Gasteiger partial charge is 0.508 e. The van der Waals surface area contributed by atoms with Crippen LogP contribution in [0.2, 0.25) is 0 Å². The number of aliphatic hydroxyl groups excluding tert-OH is 2. The minimum atomic E-state index is -2.57. The van der Waals surface area contributed by atoms with Crippen molar-refractivity contribution in [2.45, 2.75) is 31.8 Å². The van der Waals surface area contributed by atoms with Crippen molar-refractivity contribution in [2.75, 3.05) is 0 Å². The summed E-state index contributed by atoms with van der Waals surface area (Å²) in [7, 11) is 0. The third-order valence-corrected chi connectivity index (χ3v) is 7.21. The number of aromatic hydroxyl groups is 1. The van der Waals surface area contributed by atoms with Crippen LogP contribution in [0.4, 0.5) is 0 Å². The second-order valence-corrected chi connectivity index (χ2v) is 9.06. The van der Waals surface area contributed by atoms with Crippen LogP contribution in [0.3, 0.4) is 0 Å². The number of nitrogens with two attached hydrogens (primary N) is 1. The summed E-state index contributed by atoms with van der Waals surface area (Å²) >= 11 is 0. The molecule has 0 spiro atoms. The molecule has 34 heavy (non-hydrogen) atoms. The number of rotatable bonds is 2. The molecule has 0 radical (unpaired) electrons. The van der Waals surface area contributed by atoms with Gasteiger partial charge in [0.2, 0.25) is 5.78 Å². The summed E-state index contributed by atoms with van der Waals surface area (Å²) < 4.78 is 0. The number of pyridine rings is 1. The summed E-state index contributed by atoms with van der Waals surface area (Å²) in [5.41, 5.74) is 4.52. The molecule has 1 amide bonds. The Morgan fingerprint density at radius 2 is 1.88 bits per heavy atom. The van der Waals surface area contributed by atoms with Crippen LogP contribution in [0, 0.1) is 18.8 Å². The van der Waals surface area contributed by atoms with Crippen LogP contribution in [-0.4, -0.2) is 48.5 Å². The molecule has 3 atom stereocenters. The van der Waals surface area contributed by atoms with Gasteiger partial charge in [0.25, 0.3) is 5.91 Å². The zero-order chi connectivity index (χ0) is 24.5. The van der Waals surface area contributed by atoms with E-state index in [-0.39, 0.29) is 36.1 Å². The Labute approximate surface area is 193 Å². The van der Waals surface area contributed by atoms with E-state index >= 15 is 0 Å². The van der Waals surface area contributed by atoms with Gasteiger partial charge in [0.15, 0.2) is 11.4 Å². The van der Waals surface area contributed by atoms with Crippen molar-refractivity contribution >= 4 is 23.2 Å². The van der Waals surface area contributed by atoms with Gasteiger partial charge < -0.3 is 26.2 Å². The van der Waals surface area contributed by atoms with Gasteiger partial charge in [-0.2, -0.15) is 0 Å². The Balaban J connectivity index is 1.73. The SMILES string of the molecule is Cc1cccnc1-c1ccc(O)c2c1C[C@H]1C[C@H]3CC(=O)C(C(N)=O)=C(O)[C@@]3(O)C(=O)C1=C2O. The van der Waals surface area contributed by atoms with E-state index in [1.807, 2.05) is 13.0 Å². The van der Waals surface area contributed by atoms with Gasteiger partial charge in [0.05, 0.1) is 11.3 Å². The van der Waals surface area contributed by atoms with Gasteiger partial charge >= 0.3 is 0 Å². The van der Waals surface area contributed by atoms with E-state index in [0.717, 1.165) is 5.56 Å². The number of carbonyl (C=O) groups is 3. The topological polar surface area (TPSA) is 171 Å². The minimum Gasteiger partial charge on any atom is -0.508 e. The molecule has 9 nitrogen and oxygen atoms in total. The van der Waals surface area contributed by atoms with Gasteiger partial charge in [0, 0.05) is 29.7 Å². The van der Waals surface area contributed by atoms with Crippen LogP contribution < -0.4 is 5.73 Å². The first-order valence-electron chi connectivity index (χ1n) is 10.8. The number of hydrogen-bond donors (Lipinski definition) is 5. The van der Waals surface area contributed by atoms with Gasteiger partial charge in [-0.25, -0.2) is 0 Å². The normalized spacial score (nSPS) is 26.2. The summed E-state index contributed by atoms with van der Waals surface area (Å²) in [5, 5.41) is 43.6. The predicted molar refractivity (Wildman–Crippen MR) is 119 cm³/mol. The Bertz CT molecular complexity index is 1370. The fraction of sp³-hybridized carbons (Fsp3) is 0.280. The maximum absolute atomic E-state index is 13.5. The minimum absolute atomic E-state index is 0.0506. The number of aromatic nitrogens is 1. The van der Waals surface area contributed by atoms with Crippen LogP contribution in [0.15, 0.2) is 47.4 Å². The number of aliphatic hydroxyl groups is 3. The summed E-state index contributed by atoms with van der Waals surface area (Å²) in [4.78, 5) is 42.1. The summed E-state index contributed by atoms with van der Waals surface area (Å²) in [5.74, 6) is -6.46. The molecule has 2 aromatic rings. The van der Waals surface area contributed by atoms with Crippen molar-refractivity contribution in [3.8, 4) is 17.0 Å². The first-order valence-corrected chi connectivity index (χ1v) is 10.8. The van der Waals surface area contributed by atoms with E-state index in [1.54, 1.807) is 18.3 Å². The summed E-state index contributed by atoms with van der Waals surface area (Å²) in [6, 6.07) is 6.77. The van der Waals surface area contributed by atoms with Crippen molar-refractivity contribution in [2.24, 2.45) is 17.6 Å². The highest BCUT2D eigenvalue weighted by atomic mass is 16.3. The number of phenolic OH excluding ortho intramolecular Hbond substituents is 1. The lowest BCUT2D eigenvalue weighted by Gasteiger charge is -2.46. The highest BCUT2D eigenvalue weighted by Gasteiger charge is 2.60. The first kappa shape index (κ1) is 21.8. The number of fused-ring (bicyclic) bond motifs is 3. The van der Waals surface area contributed by atoms with Crippen molar-refractivity contribution in [3.05, 3.63) is 64.1 Å². The standard InChI is InChI=1S/C25H22N2O7/c1-10-3-2-6-27-20(10)13-4-5-15(28)18-14(13)8-11-7-12-9-16(29)19(24(26)33)23(32)25(12,34)22(31)17(11)21(18)30/h2-6,11-12,28,30,32,34H,7-9H2,1H3,(H2,26,33)/t11-,12+,25+/m1/s1. The number of primary amides is 1. The first-order chi connectivity index (χ1) is 16.1. The molecule has 1 heterocycles. The van der Waals surface area contributed by atoms with E-state index in [4.69, 9.17) is 5.73 Å². The number of amides is 1. The number of aryl methyl sites for hydroxylation is 1. The Hall–Kier alpha value is -3.98.